The van der Waals surface area contributed by atoms with Gasteiger partial charge in [0.15, 0.2) is 0 Å². The van der Waals surface area contributed by atoms with Crippen molar-refractivity contribution in [1.82, 2.24) is 10.4 Å². The molecule has 0 unspecified atom stereocenters. The van der Waals surface area contributed by atoms with Crippen molar-refractivity contribution < 1.29 is 9.63 Å². The van der Waals surface area contributed by atoms with E-state index in [-0.39, 0.29) is 6.03 Å². The maximum Gasteiger partial charge on any atom is 0.341 e. The van der Waals surface area contributed by atoms with Crippen molar-refractivity contribution in [2.24, 2.45) is 0 Å². The minimum atomic E-state index is -0.242. The quantitative estimate of drug-likeness (QED) is 0.858. The van der Waals surface area contributed by atoms with Gasteiger partial charge in [0.2, 0.25) is 0 Å². The molecule has 2 aromatic rings. The first-order chi connectivity index (χ1) is 9.66. The minimum Gasteiger partial charge on any atom is -0.321 e. The molecule has 0 radical (unpaired) electrons. The standard InChI is InChI=1S/C15H18N2O2S/c1-12-8-9-20-14(12)10-17(2)15(18)16-19-11-13-6-4-3-5-7-13/h3-9H,10-11H2,1-2H3,(H,16,18). The van der Waals surface area contributed by atoms with Crippen molar-refractivity contribution in [3.63, 3.8) is 0 Å². The Morgan fingerprint density at radius 3 is 2.70 bits per heavy atom. The molecule has 0 aliphatic heterocycles. The first-order valence-corrected chi connectivity index (χ1v) is 7.24. The summed E-state index contributed by atoms with van der Waals surface area (Å²) >= 11 is 1.65. The maximum absolute atomic E-state index is 11.9. The van der Waals surface area contributed by atoms with E-state index in [2.05, 4.69) is 11.5 Å². The van der Waals surface area contributed by atoms with Gasteiger partial charge in [-0.15, -0.1) is 11.3 Å². The zero-order valence-electron chi connectivity index (χ0n) is 11.6. The van der Waals surface area contributed by atoms with Gasteiger partial charge in [-0.05, 0) is 29.5 Å². The van der Waals surface area contributed by atoms with Crippen LogP contribution < -0.4 is 5.48 Å². The molecule has 0 aliphatic carbocycles. The van der Waals surface area contributed by atoms with Crippen LogP contribution in [0.1, 0.15) is 16.0 Å². The van der Waals surface area contributed by atoms with Crippen LogP contribution in [0.2, 0.25) is 0 Å². The van der Waals surface area contributed by atoms with Gasteiger partial charge in [-0.3, -0.25) is 4.84 Å². The van der Waals surface area contributed by atoms with Crippen LogP contribution in [0.4, 0.5) is 4.79 Å². The molecule has 0 fully saturated rings. The first kappa shape index (κ1) is 14.6. The lowest BCUT2D eigenvalue weighted by Gasteiger charge is -2.17. The van der Waals surface area contributed by atoms with E-state index in [9.17, 15) is 4.79 Å². The fourth-order valence-electron chi connectivity index (χ4n) is 1.69. The highest BCUT2D eigenvalue weighted by Gasteiger charge is 2.11. The summed E-state index contributed by atoms with van der Waals surface area (Å²) in [6, 6.07) is 11.5. The van der Waals surface area contributed by atoms with Gasteiger partial charge in [0.05, 0.1) is 13.2 Å². The van der Waals surface area contributed by atoms with Crippen molar-refractivity contribution in [3.8, 4) is 0 Å². The summed E-state index contributed by atoms with van der Waals surface area (Å²) < 4.78 is 0. The van der Waals surface area contributed by atoms with Crippen LogP contribution in [-0.2, 0) is 18.0 Å². The molecular formula is C15H18N2O2S. The summed E-state index contributed by atoms with van der Waals surface area (Å²) in [5, 5.41) is 2.03. The summed E-state index contributed by atoms with van der Waals surface area (Å²) in [5.41, 5.74) is 4.68. The number of benzene rings is 1. The smallest absolute Gasteiger partial charge is 0.321 e. The summed E-state index contributed by atoms with van der Waals surface area (Å²) in [6.07, 6.45) is 0. The van der Waals surface area contributed by atoms with Gasteiger partial charge < -0.3 is 4.90 Å². The zero-order valence-corrected chi connectivity index (χ0v) is 12.4. The molecule has 0 aliphatic rings. The van der Waals surface area contributed by atoms with Crippen LogP contribution in [0, 0.1) is 6.92 Å². The number of nitrogens with one attached hydrogen (secondary N) is 1. The number of rotatable bonds is 5. The Morgan fingerprint density at radius 1 is 1.30 bits per heavy atom. The zero-order chi connectivity index (χ0) is 14.4. The van der Waals surface area contributed by atoms with Crippen LogP contribution in [0.25, 0.3) is 0 Å². The van der Waals surface area contributed by atoms with Gasteiger partial charge in [-0.2, -0.15) is 0 Å². The number of carbonyl (C=O) groups excluding carboxylic acids is 1. The summed E-state index contributed by atoms with van der Waals surface area (Å²) in [6.45, 7) is 2.99. The van der Waals surface area contributed by atoms with E-state index in [0.29, 0.717) is 13.2 Å². The third-order valence-corrected chi connectivity index (χ3v) is 3.94. The van der Waals surface area contributed by atoms with Crippen molar-refractivity contribution in [3.05, 3.63) is 57.8 Å². The number of hydroxylamine groups is 1. The first-order valence-electron chi connectivity index (χ1n) is 6.36. The van der Waals surface area contributed by atoms with Gasteiger partial charge in [-0.25, -0.2) is 10.3 Å². The SMILES string of the molecule is Cc1ccsc1CN(C)C(=O)NOCc1ccccc1. The van der Waals surface area contributed by atoms with Crippen molar-refractivity contribution in [2.45, 2.75) is 20.1 Å². The number of hydrogen-bond acceptors (Lipinski definition) is 3. The second kappa shape index (κ2) is 7.07. The molecule has 2 amide bonds. The summed E-state index contributed by atoms with van der Waals surface area (Å²) in [5.74, 6) is 0. The Balaban J connectivity index is 1.76. The highest BCUT2D eigenvalue weighted by Crippen LogP contribution is 2.17. The van der Waals surface area contributed by atoms with Crippen LogP contribution in [-0.4, -0.2) is 18.0 Å². The lowest BCUT2D eigenvalue weighted by Crippen LogP contribution is -2.36. The summed E-state index contributed by atoms with van der Waals surface area (Å²) in [7, 11) is 1.75. The van der Waals surface area contributed by atoms with E-state index in [1.54, 1.807) is 23.3 Å². The van der Waals surface area contributed by atoms with Gasteiger partial charge in [0.1, 0.15) is 0 Å². The monoisotopic (exact) mass is 290 g/mol. The van der Waals surface area contributed by atoms with Crippen LogP contribution >= 0.6 is 11.3 Å². The molecule has 1 aromatic carbocycles. The third-order valence-electron chi connectivity index (χ3n) is 2.94. The van der Waals surface area contributed by atoms with E-state index in [1.165, 1.54) is 10.4 Å². The highest BCUT2D eigenvalue weighted by molar-refractivity contribution is 7.10. The Labute approximate surface area is 122 Å². The Morgan fingerprint density at radius 2 is 2.05 bits per heavy atom. The number of carbonyl (C=O) groups is 1. The fourth-order valence-corrected chi connectivity index (χ4v) is 2.65. The molecule has 0 spiro atoms. The molecule has 0 bridgehead atoms. The predicted octanol–water partition coefficient (Wildman–Crippen LogP) is 3.33. The molecule has 0 saturated carbocycles. The van der Waals surface area contributed by atoms with Crippen LogP contribution in [0.3, 0.4) is 0 Å². The Bertz CT molecular complexity index is 554. The number of amides is 2. The van der Waals surface area contributed by atoms with Crippen molar-refractivity contribution in [1.29, 1.82) is 0 Å². The largest absolute Gasteiger partial charge is 0.341 e. The molecule has 1 heterocycles. The van der Waals surface area contributed by atoms with E-state index in [4.69, 9.17) is 4.84 Å². The number of aryl methyl sites for hydroxylation is 1. The van der Waals surface area contributed by atoms with Gasteiger partial charge in [0.25, 0.3) is 0 Å². The number of nitrogens with zero attached hydrogens (tertiary/aromatic N) is 1. The molecule has 0 saturated heterocycles. The van der Waals surface area contributed by atoms with E-state index in [1.807, 2.05) is 42.6 Å². The minimum absolute atomic E-state index is 0.242. The molecule has 1 N–H and O–H groups in total. The van der Waals surface area contributed by atoms with Crippen molar-refractivity contribution in [2.75, 3.05) is 7.05 Å². The average Bonchev–Trinajstić information content (AvgIpc) is 2.85. The predicted molar refractivity (Wildman–Crippen MR) is 80.3 cm³/mol. The number of thiophene rings is 1. The molecule has 0 atom stereocenters. The second-order valence-corrected chi connectivity index (χ2v) is 5.57. The number of urea groups is 1. The van der Waals surface area contributed by atoms with Gasteiger partial charge >= 0.3 is 6.03 Å². The van der Waals surface area contributed by atoms with Gasteiger partial charge in [0, 0.05) is 11.9 Å². The highest BCUT2D eigenvalue weighted by atomic mass is 32.1. The summed E-state index contributed by atoms with van der Waals surface area (Å²) in [4.78, 5) is 19.9. The second-order valence-electron chi connectivity index (χ2n) is 4.56. The molecule has 106 valence electrons. The van der Waals surface area contributed by atoms with Gasteiger partial charge in [-0.1, -0.05) is 30.3 Å². The average molecular weight is 290 g/mol. The fraction of sp³-hybridized carbons (Fsp3) is 0.267. The molecule has 5 heteroatoms. The lowest BCUT2D eigenvalue weighted by molar-refractivity contribution is 0.0383. The normalized spacial score (nSPS) is 10.3. The van der Waals surface area contributed by atoms with E-state index in [0.717, 1.165) is 5.56 Å². The third kappa shape index (κ3) is 4.08. The Hall–Kier alpha value is -1.85. The lowest BCUT2D eigenvalue weighted by atomic mass is 10.2. The molecular weight excluding hydrogens is 272 g/mol. The van der Waals surface area contributed by atoms with Crippen LogP contribution in [0.15, 0.2) is 41.8 Å². The number of hydrogen-bond donors (Lipinski definition) is 1. The Kier molecular flexibility index (Phi) is 5.15. The molecule has 1 aromatic heterocycles. The maximum atomic E-state index is 11.9. The van der Waals surface area contributed by atoms with Crippen LogP contribution in [0.5, 0.6) is 0 Å². The van der Waals surface area contributed by atoms with E-state index < -0.39 is 0 Å². The van der Waals surface area contributed by atoms with Crippen molar-refractivity contribution >= 4 is 17.4 Å². The molecule has 4 nitrogen and oxygen atoms in total. The molecule has 2 rings (SSSR count). The molecule has 20 heavy (non-hydrogen) atoms. The topological polar surface area (TPSA) is 41.6 Å². The van der Waals surface area contributed by atoms with E-state index >= 15 is 0 Å².